The predicted molar refractivity (Wildman–Crippen MR) is 89.2 cm³/mol. The van der Waals surface area contributed by atoms with E-state index < -0.39 is 23.8 Å². The van der Waals surface area contributed by atoms with Crippen LogP contribution >= 0.6 is 0 Å². The van der Waals surface area contributed by atoms with Crippen molar-refractivity contribution in [3.8, 4) is 5.75 Å². The number of piperazine rings is 1. The summed E-state index contributed by atoms with van der Waals surface area (Å²) in [6.07, 6.45) is -1.18. The number of hydrogen-bond donors (Lipinski definition) is 1. The second-order valence-electron chi connectivity index (χ2n) is 6.16. The highest BCUT2D eigenvalue weighted by Crippen LogP contribution is 2.40. The van der Waals surface area contributed by atoms with Crippen LogP contribution in [0.15, 0.2) is 0 Å². The molecule has 11 heteroatoms. The minimum Gasteiger partial charge on any atom is -0.449 e. The summed E-state index contributed by atoms with van der Waals surface area (Å²) >= 11 is 0. The van der Waals surface area contributed by atoms with Crippen molar-refractivity contribution >= 4 is 23.2 Å². The molecule has 1 saturated heterocycles. The first-order valence-corrected chi connectivity index (χ1v) is 9.15. The quantitative estimate of drug-likeness (QED) is 0.481. The Morgan fingerprint density at radius 1 is 1.08 bits per heavy atom. The summed E-state index contributed by atoms with van der Waals surface area (Å²) in [4.78, 5) is 1.87. The number of nitrogens with one attached hydrogen (secondary N) is 1. The molecule has 0 bridgehead atoms. The molecule has 0 atom stereocenters. The minimum atomic E-state index is -5.35. The van der Waals surface area contributed by atoms with Crippen LogP contribution in [0, 0.1) is 20.8 Å². The van der Waals surface area contributed by atoms with Crippen LogP contribution in [0.1, 0.15) is 22.3 Å². The molecule has 1 aromatic rings. The second-order valence-corrected chi connectivity index (χ2v) is 7.11. The molecule has 1 heterocycles. The van der Waals surface area contributed by atoms with Gasteiger partial charge in [0, 0.05) is 37.4 Å². The number of halogens is 4. The summed E-state index contributed by atoms with van der Waals surface area (Å²) in [5, 5.41) is 3.13. The largest absolute Gasteiger partial charge is 0.488 e. The van der Waals surface area contributed by atoms with Gasteiger partial charge in [-0.2, -0.15) is 8.42 Å². The minimum absolute atomic E-state index is 0.00527. The van der Waals surface area contributed by atoms with E-state index in [1.165, 1.54) is 13.8 Å². The molecule has 0 aromatic heterocycles. The molecule has 5 nitrogen and oxygen atoms in total. The Kier molecular flexibility index (Phi) is 5.57. The number of nitrogens with zero attached hydrogens (tertiary/aromatic N) is 1. The van der Waals surface area contributed by atoms with Crippen LogP contribution in [0.2, 0.25) is 0 Å². The van der Waals surface area contributed by atoms with Gasteiger partial charge in [-0.3, -0.25) is 0 Å². The van der Waals surface area contributed by atoms with Crippen molar-refractivity contribution in [2.75, 3.05) is 31.1 Å². The lowest BCUT2D eigenvalue weighted by Crippen LogP contribution is -2.44. The maximum Gasteiger partial charge on any atom is 0.488 e. The zero-order valence-corrected chi connectivity index (χ0v) is 15.0. The molecule has 2 rings (SSSR count). The van der Waals surface area contributed by atoms with Crippen molar-refractivity contribution in [3.63, 3.8) is 0 Å². The maximum atomic E-state index is 13.1. The third-order valence-corrected chi connectivity index (χ3v) is 4.71. The number of rotatable bonds is 5. The average molecular weight is 383 g/mol. The Balaban J connectivity index is 2.68. The van der Waals surface area contributed by atoms with E-state index >= 15 is 0 Å². The highest BCUT2D eigenvalue weighted by molar-refractivity contribution is 7.81. The van der Waals surface area contributed by atoms with Gasteiger partial charge in [0.1, 0.15) is 0 Å². The first kappa shape index (κ1) is 19.8. The molecule has 0 unspecified atom stereocenters. The fourth-order valence-corrected chi connectivity index (χ4v) is 3.81. The van der Waals surface area contributed by atoms with Crippen LogP contribution in [-0.4, -0.2) is 41.6 Å². The first-order chi connectivity index (χ1) is 11.4. The average Bonchev–Trinajstić information content (AvgIpc) is 2.47. The molecule has 0 amide bonds. The van der Waals surface area contributed by atoms with Crippen LogP contribution in [0.3, 0.4) is 0 Å². The predicted octanol–water partition coefficient (Wildman–Crippen LogP) is 2.54. The Bertz CT molecular complexity index is 763. The van der Waals surface area contributed by atoms with Crippen LogP contribution < -0.4 is 14.4 Å². The van der Waals surface area contributed by atoms with Crippen molar-refractivity contribution in [1.82, 2.24) is 5.32 Å². The summed E-state index contributed by atoms with van der Waals surface area (Å²) in [6.45, 7) is 1.64. The van der Waals surface area contributed by atoms with E-state index in [1.807, 2.05) is 4.90 Å². The molecule has 1 aromatic carbocycles. The molecule has 1 N–H and O–H groups in total. The highest BCUT2D eigenvalue weighted by Gasteiger charge is 2.30. The van der Waals surface area contributed by atoms with Crippen LogP contribution in [-0.2, 0) is 16.8 Å². The fourth-order valence-electron chi connectivity index (χ4n) is 3.36. The molecular weight excluding hydrogens is 363 g/mol. The molecule has 1 aliphatic rings. The van der Waals surface area contributed by atoms with E-state index in [-0.39, 0.29) is 16.9 Å². The number of anilines is 1. The molecular formula is C14H20BF4N2O3S-. The summed E-state index contributed by atoms with van der Waals surface area (Å²) in [6, 6.07) is 0. The number of benzene rings is 1. The van der Waals surface area contributed by atoms with Crippen molar-refractivity contribution in [2.45, 2.75) is 27.1 Å². The van der Waals surface area contributed by atoms with Gasteiger partial charge in [0.2, 0.25) is 0 Å². The van der Waals surface area contributed by atoms with Gasteiger partial charge >= 0.3 is 17.5 Å². The summed E-state index contributed by atoms with van der Waals surface area (Å²) < 4.78 is 78.5. The van der Waals surface area contributed by atoms with Crippen LogP contribution in [0.5, 0.6) is 5.75 Å². The lowest BCUT2D eigenvalue weighted by atomic mass is 9.77. The zero-order valence-electron chi connectivity index (χ0n) is 14.2. The van der Waals surface area contributed by atoms with E-state index in [1.54, 1.807) is 6.92 Å². The lowest BCUT2D eigenvalue weighted by molar-refractivity contribution is 0.436. The van der Waals surface area contributed by atoms with Gasteiger partial charge in [-0.15, -0.1) is 0 Å². The SMILES string of the molecule is Cc1c(C[B-](F)(F)F)c(C)c(N2CCNCC2)c(C)c1OS(=O)(=O)F. The van der Waals surface area contributed by atoms with Crippen molar-refractivity contribution in [3.05, 3.63) is 22.3 Å². The van der Waals surface area contributed by atoms with E-state index in [0.717, 1.165) is 0 Å². The first-order valence-electron chi connectivity index (χ1n) is 7.84. The fraction of sp³-hybridized carbons (Fsp3) is 0.571. The topological polar surface area (TPSA) is 58.6 Å². The van der Waals surface area contributed by atoms with Gasteiger partial charge in [0.15, 0.2) is 5.75 Å². The molecule has 1 aliphatic heterocycles. The summed E-state index contributed by atoms with van der Waals surface area (Å²) in [5.74, 6) is -0.364. The third kappa shape index (κ3) is 4.78. The molecule has 0 aliphatic carbocycles. The highest BCUT2D eigenvalue weighted by atomic mass is 32.3. The zero-order chi connectivity index (χ0) is 19.0. The number of hydrogen-bond acceptors (Lipinski definition) is 5. The summed E-state index contributed by atoms with van der Waals surface area (Å²) in [5.41, 5.74) is 1.14. The van der Waals surface area contributed by atoms with Crippen molar-refractivity contribution < 1.29 is 29.4 Å². The maximum absolute atomic E-state index is 13.1. The van der Waals surface area contributed by atoms with E-state index in [0.29, 0.717) is 43.0 Å². The molecule has 0 spiro atoms. The Hall–Kier alpha value is -1.49. The molecule has 25 heavy (non-hydrogen) atoms. The van der Waals surface area contributed by atoms with Gasteiger partial charge in [-0.05, 0) is 31.9 Å². The van der Waals surface area contributed by atoms with Crippen LogP contribution in [0.4, 0.5) is 22.5 Å². The van der Waals surface area contributed by atoms with E-state index in [9.17, 15) is 25.3 Å². The molecule has 1 fully saturated rings. The van der Waals surface area contributed by atoms with E-state index in [4.69, 9.17) is 0 Å². The van der Waals surface area contributed by atoms with Gasteiger partial charge in [-0.25, -0.2) is 0 Å². The third-order valence-electron chi connectivity index (χ3n) is 4.35. The molecule has 142 valence electrons. The monoisotopic (exact) mass is 383 g/mol. The Morgan fingerprint density at radius 2 is 1.64 bits per heavy atom. The smallest absolute Gasteiger partial charge is 0.449 e. The standard InChI is InChI=1S/C14H20BF4N2O3S/c1-9-12(8-15(16,17)18)10(2)14(24-25(19,22)23)11(3)13(9)21-6-4-20-5-7-21/h20H,4-8H2,1-3H3/q-1. The van der Waals surface area contributed by atoms with Crippen LogP contribution in [0.25, 0.3) is 0 Å². The van der Waals surface area contributed by atoms with Gasteiger partial charge in [0.05, 0.1) is 0 Å². The van der Waals surface area contributed by atoms with E-state index in [2.05, 4.69) is 9.50 Å². The molecule has 0 saturated carbocycles. The Morgan fingerprint density at radius 3 is 2.12 bits per heavy atom. The van der Waals surface area contributed by atoms with Gasteiger partial charge in [0.25, 0.3) is 0 Å². The summed E-state index contributed by atoms with van der Waals surface area (Å²) in [7, 11) is -5.35. The van der Waals surface area contributed by atoms with Gasteiger partial charge < -0.3 is 27.3 Å². The second kappa shape index (κ2) is 7.03. The lowest BCUT2D eigenvalue weighted by Gasteiger charge is -2.34. The normalized spacial score (nSPS) is 16.2. The van der Waals surface area contributed by atoms with Gasteiger partial charge in [-0.1, -0.05) is 15.8 Å². The van der Waals surface area contributed by atoms with Crippen molar-refractivity contribution in [2.24, 2.45) is 0 Å². The Labute approximate surface area is 144 Å². The molecule has 0 radical (unpaired) electrons. The van der Waals surface area contributed by atoms with Crippen molar-refractivity contribution in [1.29, 1.82) is 0 Å².